The van der Waals surface area contributed by atoms with Crippen molar-refractivity contribution in [2.24, 2.45) is 0 Å². The molecule has 0 amide bonds. The van der Waals surface area contributed by atoms with E-state index in [2.05, 4.69) is 11.1 Å². The number of aliphatic hydroxyl groups is 1. The first-order chi connectivity index (χ1) is 5.07. The van der Waals surface area contributed by atoms with Crippen molar-refractivity contribution < 1.29 is 19.0 Å². The topological polar surface area (TPSA) is 63.6 Å². The Morgan fingerprint density at radius 2 is 2.45 bits per heavy atom. The number of hydrogen-bond acceptors (Lipinski definition) is 4. The van der Waals surface area contributed by atoms with Crippen LogP contribution in [0.1, 0.15) is 0 Å². The molecule has 0 saturated carbocycles. The number of carbonyl (C=O) groups is 1. The molecule has 0 spiro atoms. The van der Waals surface area contributed by atoms with Gasteiger partial charge in [-0.15, -0.1) is 4.52 Å². The minimum Gasteiger partial charge on any atom is -0.382 e. The molecule has 0 aromatic carbocycles. The fourth-order valence-corrected chi connectivity index (χ4v) is 0.745. The maximum Gasteiger partial charge on any atom is 0.504 e. The summed E-state index contributed by atoms with van der Waals surface area (Å²) in [6.07, 6.45) is -0.247. The van der Waals surface area contributed by atoms with Crippen LogP contribution < -0.4 is 0 Å². The summed E-state index contributed by atoms with van der Waals surface area (Å²) in [6, 6.07) is 0. The zero-order valence-electron chi connectivity index (χ0n) is 6.19. The molecule has 0 radical (unpaired) electrons. The summed E-state index contributed by atoms with van der Waals surface area (Å²) in [4.78, 5) is 10.6. The first-order valence-electron chi connectivity index (χ1n) is 2.96. The molecule has 0 aliphatic rings. The van der Waals surface area contributed by atoms with Crippen LogP contribution in [0, 0.1) is 0 Å². The highest BCUT2D eigenvalue weighted by Gasteiger charge is 2.17. The molecule has 0 bridgehead atoms. The van der Waals surface area contributed by atoms with E-state index >= 15 is 0 Å². The Morgan fingerprint density at radius 1 is 1.91 bits per heavy atom. The molecular formula is C6H10O4P+. The van der Waals surface area contributed by atoms with Crippen LogP contribution in [0.25, 0.3) is 0 Å². The molecule has 2 atom stereocenters. The van der Waals surface area contributed by atoms with Gasteiger partial charge >= 0.3 is 8.03 Å². The Bertz CT molecular complexity index is 177. The lowest BCUT2D eigenvalue weighted by atomic mass is 10.2. The van der Waals surface area contributed by atoms with Gasteiger partial charge in [0.1, 0.15) is 12.7 Å². The van der Waals surface area contributed by atoms with E-state index in [4.69, 9.17) is 5.11 Å². The Balaban J connectivity index is 3.68. The van der Waals surface area contributed by atoms with Crippen molar-refractivity contribution in [3.05, 3.63) is 12.7 Å². The van der Waals surface area contributed by atoms with Gasteiger partial charge in [0.05, 0.1) is 0 Å². The molecule has 4 nitrogen and oxygen atoms in total. The third kappa shape index (κ3) is 4.79. The van der Waals surface area contributed by atoms with E-state index in [0.29, 0.717) is 0 Å². The monoisotopic (exact) mass is 177 g/mol. The summed E-state index contributed by atoms with van der Waals surface area (Å²) in [6.45, 7) is 4.28. The van der Waals surface area contributed by atoms with Crippen LogP contribution in [-0.4, -0.2) is 30.3 Å². The molecule has 0 aromatic rings. The molecule has 0 rings (SSSR count). The predicted molar refractivity (Wildman–Crippen MR) is 40.7 cm³/mol. The van der Waals surface area contributed by atoms with Crippen LogP contribution in [0.5, 0.6) is 0 Å². The highest BCUT2D eigenvalue weighted by Crippen LogP contribution is 2.15. The van der Waals surface area contributed by atoms with Gasteiger partial charge in [-0.3, -0.25) is 4.79 Å². The van der Waals surface area contributed by atoms with Crippen LogP contribution in [-0.2, 0) is 13.9 Å². The number of carbonyl (C=O) groups excluding carboxylic acids is 1. The van der Waals surface area contributed by atoms with Crippen LogP contribution in [0.4, 0.5) is 0 Å². The third-order valence-corrected chi connectivity index (χ3v) is 1.46. The second-order valence-corrected chi connectivity index (χ2v) is 3.00. The van der Waals surface area contributed by atoms with Crippen molar-refractivity contribution in [3.8, 4) is 0 Å². The fourth-order valence-electron chi connectivity index (χ4n) is 0.394. The normalized spacial score (nSPS) is 13.8. The Kier molecular flexibility index (Phi) is 4.86. The van der Waals surface area contributed by atoms with Gasteiger partial charge in [-0.05, 0) is 10.6 Å². The highest BCUT2D eigenvalue weighted by atomic mass is 31.1. The summed E-state index contributed by atoms with van der Waals surface area (Å²) in [7, 11) is -1.76. The zero-order valence-corrected chi connectivity index (χ0v) is 7.08. The molecule has 0 heterocycles. The Hall–Kier alpha value is -0.570. The maximum atomic E-state index is 10.6. The molecule has 11 heavy (non-hydrogen) atoms. The number of ketones is 1. The van der Waals surface area contributed by atoms with E-state index in [-0.39, 0.29) is 6.61 Å². The predicted octanol–water partition coefficient (Wildman–Crippen LogP) is 0.491. The average molecular weight is 177 g/mol. The summed E-state index contributed by atoms with van der Waals surface area (Å²) in [5.74, 6) is -0.526. The van der Waals surface area contributed by atoms with Gasteiger partial charge in [0.15, 0.2) is 12.4 Å². The van der Waals surface area contributed by atoms with Crippen LogP contribution in [0.2, 0.25) is 0 Å². The number of hydrogen-bond donors (Lipinski definition) is 1. The largest absolute Gasteiger partial charge is 0.504 e. The lowest BCUT2D eigenvalue weighted by Crippen LogP contribution is -2.22. The average Bonchev–Trinajstić information content (AvgIpc) is 1.98. The summed E-state index contributed by atoms with van der Waals surface area (Å²) in [5.41, 5.74) is 0. The van der Waals surface area contributed by atoms with Gasteiger partial charge in [-0.25, -0.2) is 0 Å². The zero-order chi connectivity index (χ0) is 8.85. The summed E-state index contributed by atoms with van der Waals surface area (Å²) < 4.78 is 14.9. The van der Waals surface area contributed by atoms with E-state index in [1.54, 1.807) is 0 Å². The molecule has 0 aliphatic heterocycles. The Labute approximate surface area is 65.7 Å². The van der Waals surface area contributed by atoms with E-state index < -0.39 is 19.9 Å². The fraction of sp³-hybridized carbons (Fsp3) is 0.500. The second kappa shape index (κ2) is 5.13. The van der Waals surface area contributed by atoms with Gasteiger partial charge in [0.25, 0.3) is 0 Å². The van der Waals surface area contributed by atoms with E-state index in [1.807, 2.05) is 0 Å². The van der Waals surface area contributed by atoms with Crippen molar-refractivity contribution in [3.63, 3.8) is 0 Å². The lowest BCUT2D eigenvalue weighted by molar-refractivity contribution is -0.123. The summed E-state index contributed by atoms with van der Waals surface area (Å²) in [5, 5.41) is 8.89. The van der Waals surface area contributed by atoms with Crippen LogP contribution >= 0.6 is 8.03 Å². The van der Waals surface area contributed by atoms with E-state index in [0.717, 1.165) is 6.08 Å². The van der Waals surface area contributed by atoms with Crippen molar-refractivity contribution >= 4 is 13.8 Å². The van der Waals surface area contributed by atoms with E-state index in [9.17, 15) is 9.36 Å². The van der Waals surface area contributed by atoms with Crippen molar-refractivity contribution in [2.75, 3.05) is 13.3 Å². The van der Waals surface area contributed by atoms with Crippen molar-refractivity contribution in [1.82, 2.24) is 0 Å². The van der Waals surface area contributed by atoms with Gasteiger partial charge in [-0.2, -0.15) is 0 Å². The van der Waals surface area contributed by atoms with Gasteiger partial charge in [-0.1, -0.05) is 6.58 Å². The molecule has 2 unspecified atom stereocenters. The number of aliphatic hydroxyl groups excluding tert-OH is 1. The van der Waals surface area contributed by atoms with Crippen LogP contribution in [0.3, 0.4) is 0 Å². The second-order valence-electron chi connectivity index (χ2n) is 1.86. The van der Waals surface area contributed by atoms with Crippen molar-refractivity contribution in [1.29, 1.82) is 0 Å². The van der Waals surface area contributed by atoms with Gasteiger partial charge in [0, 0.05) is 0 Å². The summed E-state index contributed by atoms with van der Waals surface area (Å²) >= 11 is 0. The molecule has 0 aromatic heterocycles. The van der Waals surface area contributed by atoms with E-state index in [1.165, 1.54) is 6.66 Å². The van der Waals surface area contributed by atoms with Gasteiger partial charge in [0.2, 0.25) is 0 Å². The molecule has 0 fully saturated rings. The quantitative estimate of drug-likeness (QED) is 0.490. The maximum absolute atomic E-state index is 10.6. The molecule has 5 heteroatoms. The minimum atomic E-state index is -1.76. The SMILES string of the molecule is C=CC(=O)C(O)CO[P+](C)=O. The molecule has 0 saturated heterocycles. The first-order valence-corrected chi connectivity index (χ1v) is 4.58. The Morgan fingerprint density at radius 3 is 2.82 bits per heavy atom. The van der Waals surface area contributed by atoms with Crippen LogP contribution in [0.15, 0.2) is 12.7 Å². The minimum absolute atomic E-state index is 0.240. The first kappa shape index (κ1) is 10.4. The standard InChI is InChI=1S/C6H10O4P/c1-3-5(7)6(8)4-10-11(2)9/h3,6,8H,1,4H2,2H3/q+1. The highest BCUT2D eigenvalue weighted by molar-refractivity contribution is 7.38. The molecule has 62 valence electrons. The van der Waals surface area contributed by atoms with Crippen molar-refractivity contribution in [2.45, 2.75) is 6.10 Å². The van der Waals surface area contributed by atoms with Gasteiger partial charge < -0.3 is 5.11 Å². The smallest absolute Gasteiger partial charge is 0.382 e. The third-order valence-electron chi connectivity index (χ3n) is 0.944. The molecule has 1 N–H and O–H groups in total. The number of rotatable bonds is 5. The molecule has 0 aliphatic carbocycles. The molecular weight excluding hydrogens is 167 g/mol. The lowest BCUT2D eigenvalue weighted by Gasteiger charge is -1.99.